The Bertz CT molecular complexity index is 556. The molecule has 0 radical (unpaired) electrons. The molecular weight excluding hydrogens is 504 g/mol. The summed E-state index contributed by atoms with van der Waals surface area (Å²) in [5.74, 6) is -2.01. The molecule has 0 aromatic carbocycles. The van der Waals surface area contributed by atoms with E-state index in [1.165, 1.54) is 0 Å². The minimum atomic E-state index is -1.86. The van der Waals surface area contributed by atoms with Crippen LogP contribution in [-0.4, -0.2) is 189 Å². The predicted molar refractivity (Wildman–Crippen MR) is 112 cm³/mol. The van der Waals surface area contributed by atoms with Gasteiger partial charge in [-0.3, -0.25) is 9.59 Å². The van der Waals surface area contributed by atoms with Crippen molar-refractivity contribution in [3.05, 3.63) is 0 Å². The van der Waals surface area contributed by atoms with Crippen molar-refractivity contribution in [1.29, 1.82) is 0 Å². The van der Waals surface area contributed by atoms with Gasteiger partial charge in [0.25, 0.3) is 0 Å². The smallest absolute Gasteiger partial charge is 0.189 e. The van der Waals surface area contributed by atoms with Crippen molar-refractivity contribution >= 4 is 17.9 Å². The summed E-state index contributed by atoms with van der Waals surface area (Å²) < 4.78 is 0. The highest BCUT2D eigenvalue weighted by molar-refractivity contribution is 5.84. The first kappa shape index (κ1) is 38.9. The number of ketones is 2. The average Bonchev–Trinajstić information content (AvgIpc) is 2.92. The zero-order chi connectivity index (χ0) is 29.2. The number of carbonyl (C=O) groups excluding carboxylic acids is 3. The third-order valence-corrected chi connectivity index (χ3v) is 4.20. The number of aliphatic hydroxyl groups is 15. The summed E-state index contributed by atoms with van der Waals surface area (Å²) in [6.45, 7) is -4.13. The summed E-state index contributed by atoms with van der Waals surface area (Å²) in [6.07, 6.45) is -17.3. The van der Waals surface area contributed by atoms with Gasteiger partial charge in [0, 0.05) is 0 Å². The van der Waals surface area contributed by atoms with Crippen molar-refractivity contribution in [3.8, 4) is 0 Å². The lowest BCUT2D eigenvalue weighted by atomic mass is 10.0. The third kappa shape index (κ3) is 14.8. The molecule has 216 valence electrons. The highest BCUT2D eigenvalue weighted by atomic mass is 16.4. The fraction of sp³-hybridized carbons (Fsp3) is 0.833. The fourth-order valence-electron chi connectivity index (χ4n) is 1.82. The van der Waals surface area contributed by atoms with Crippen LogP contribution in [0.4, 0.5) is 0 Å². The first-order valence-electron chi connectivity index (χ1n) is 9.98. The second kappa shape index (κ2) is 21.5. The van der Waals surface area contributed by atoms with Crippen molar-refractivity contribution in [1.82, 2.24) is 0 Å². The van der Waals surface area contributed by atoms with Crippen LogP contribution in [0.1, 0.15) is 0 Å². The van der Waals surface area contributed by atoms with Gasteiger partial charge in [0.1, 0.15) is 74.3 Å². The summed E-state index contributed by atoms with van der Waals surface area (Å²) in [6, 6.07) is 0. The van der Waals surface area contributed by atoms with E-state index in [2.05, 4.69) is 0 Å². The number of rotatable bonds is 15. The van der Waals surface area contributed by atoms with Gasteiger partial charge in [-0.05, 0) is 0 Å². The molecule has 0 aliphatic carbocycles. The quantitative estimate of drug-likeness (QED) is 0.0856. The topological polar surface area (TPSA) is 355 Å². The van der Waals surface area contributed by atoms with E-state index in [9.17, 15) is 14.4 Å². The Hall–Kier alpha value is -1.59. The molecule has 0 amide bonds. The second-order valence-corrected chi connectivity index (χ2v) is 6.98. The van der Waals surface area contributed by atoms with E-state index < -0.39 is 106 Å². The predicted octanol–water partition coefficient (Wildman–Crippen LogP) is -10.1. The average molecular weight is 540 g/mol. The highest BCUT2D eigenvalue weighted by Crippen LogP contribution is 2.03. The Labute approximate surface area is 203 Å². The summed E-state index contributed by atoms with van der Waals surface area (Å²) in [4.78, 5) is 30.9. The van der Waals surface area contributed by atoms with Crippen molar-refractivity contribution in [2.75, 3.05) is 33.0 Å². The molecule has 0 heterocycles. The number of aldehydes is 1. The van der Waals surface area contributed by atoms with Gasteiger partial charge < -0.3 is 81.4 Å². The van der Waals surface area contributed by atoms with Crippen LogP contribution in [0.5, 0.6) is 0 Å². The first-order chi connectivity index (χ1) is 16.6. The normalized spacial score (nSPS) is 19.3. The first-order valence-corrected chi connectivity index (χ1v) is 9.98. The molecule has 0 aliphatic rings. The second-order valence-electron chi connectivity index (χ2n) is 6.98. The van der Waals surface area contributed by atoms with Crippen LogP contribution in [0.25, 0.3) is 0 Å². The highest BCUT2D eigenvalue weighted by Gasteiger charge is 2.30. The Kier molecular flexibility index (Phi) is 23.2. The number of hydrogen-bond donors (Lipinski definition) is 15. The Morgan fingerprint density at radius 2 is 0.778 bits per heavy atom. The van der Waals surface area contributed by atoms with Crippen LogP contribution in [-0.2, 0) is 14.4 Å². The lowest BCUT2D eigenvalue weighted by Gasteiger charge is -2.22. The standard InChI is InChI=1S/3C6H12O6/c3*7-1-3(9)5(11)6(12)4(10)2-8/h2*3,5-9,11-12H,1-2H2;1,3-6,8-12H,2H2/t2*3-,5-,6-;3-,4+,5+,6+/m110/s1. The molecule has 0 bridgehead atoms. The van der Waals surface area contributed by atoms with Gasteiger partial charge in [-0.2, -0.15) is 0 Å². The van der Waals surface area contributed by atoms with E-state index in [4.69, 9.17) is 76.6 Å². The van der Waals surface area contributed by atoms with Crippen LogP contribution < -0.4 is 0 Å². The maximum atomic E-state index is 10.5. The van der Waals surface area contributed by atoms with Crippen LogP contribution >= 0.6 is 0 Å². The SMILES string of the molecule is O=C(CO)[C@@H](O)[C@H](O)[C@H](O)CO.O=C(CO)[C@@H](O)[C@H](O)[C@H](O)CO.O=C[C@H](O)[C@@H](O)[C@H](O)[C@H](O)CO. The molecule has 0 saturated carbocycles. The van der Waals surface area contributed by atoms with E-state index in [-0.39, 0.29) is 6.29 Å². The molecule has 0 saturated heterocycles. The molecule has 36 heavy (non-hydrogen) atoms. The van der Waals surface area contributed by atoms with Gasteiger partial charge in [0.15, 0.2) is 17.9 Å². The Morgan fingerprint density at radius 3 is 1.00 bits per heavy atom. The van der Waals surface area contributed by atoms with Crippen molar-refractivity contribution in [2.24, 2.45) is 0 Å². The van der Waals surface area contributed by atoms with E-state index in [1.54, 1.807) is 0 Å². The molecule has 0 spiro atoms. The zero-order valence-corrected chi connectivity index (χ0v) is 18.8. The molecule has 0 aromatic rings. The zero-order valence-electron chi connectivity index (χ0n) is 18.8. The van der Waals surface area contributed by atoms with Crippen molar-refractivity contribution in [3.63, 3.8) is 0 Å². The molecule has 0 fully saturated rings. The maximum Gasteiger partial charge on any atom is 0.189 e. The molecule has 0 aliphatic heterocycles. The minimum Gasteiger partial charge on any atom is -0.394 e. The number of carbonyl (C=O) groups is 3. The van der Waals surface area contributed by atoms with Gasteiger partial charge in [-0.15, -0.1) is 0 Å². The van der Waals surface area contributed by atoms with Crippen molar-refractivity contribution in [2.45, 2.75) is 61.0 Å². The number of Topliss-reactive ketones (excluding diaryl/α,β-unsaturated/α-hetero) is 2. The summed E-state index contributed by atoms with van der Waals surface area (Å²) >= 11 is 0. The van der Waals surface area contributed by atoms with Crippen molar-refractivity contribution < 1.29 is 91.0 Å². The Morgan fingerprint density at radius 1 is 0.500 bits per heavy atom. The lowest BCUT2D eigenvalue weighted by Crippen LogP contribution is -2.46. The molecule has 15 N–H and O–H groups in total. The molecule has 0 unspecified atom stereocenters. The van der Waals surface area contributed by atoms with Crippen LogP contribution in [0.3, 0.4) is 0 Å². The largest absolute Gasteiger partial charge is 0.394 e. The third-order valence-electron chi connectivity index (χ3n) is 4.20. The van der Waals surface area contributed by atoms with E-state index in [1.807, 2.05) is 0 Å². The summed E-state index contributed by atoms with van der Waals surface area (Å²) in [7, 11) is 0. The molecule has 10 atom stereocenters. The monoisotopic (exact) mass is 540 g/mol. The van der Waals surface area contributed by atoms with Gasteiger partial charge in [-0.1, -0.05) is 0 Å². The molecule has 18 nitrogen and oxygen atoms in total. The molecule has 18 heteroatoms. The van der Waals surface area contributed by atoms with Gasteiger partial charge in [0.05, 0.1) is 19.8 Å². The van der Waals surface area contributed by atoms with Crippen LogP contribution in [0, 0.1) is 0 Å². The summed E-state index contributed by atoms with van der Waals surface area (Å²) in [5, 5.41) is 130. The Balaban J connectivity index is -0.000000454. The van der Waals surface area contributed by atoms with E-state index in [0.29, 0.717) is 0 Å². The van der Waals surface area contributed by atoms with Crippen LogP contribution in [0.15, 0.2) is 0 Å². The summed E-state index contributed by atoms with van der Waals surface area (Å²) in [5.41, 5.74) is 0. The maximum absolute atomic E-state index is 10.5. The van der Waals surface area contributed by atoms with Gasteiger partial charge in [-0.25, -0.2) is 0 Å². The lowest BCUT2D eigenvalue weighted by molar-refractivity contribution is -0.143. The molecule has 0 rings (SSSR count). The number of hydrogen-bond acceptors (Lipinski definition) is 18. The molecule has 0 aromatic heterocycles. The number of aliphatic hydroxyl groups excluding tert-OH is 15. The van der Waals surface area contributed by atoms with Crippen LogP contribution in [0.2, 0.25) is 0 Å². The van der Waals surface area contributed by atoms with Gasteiger partial charge in [0.2, 0.25) is 0 Å². The van der Waals surface area contributed by atoms with E-state index >= 15 is 0 Å². The fourth-order valence-corrected chi connectivity index (χ4v) is 1.82. The van der Waals surface area contributed by atoms with E-state index in [0.717, 1.165) is 0 Å². The minimum absolute atomic E-state index is 0.0258. The van der Waals surface area contributed by atoms with Gasteiger partial charge >= 0.3 is 0 Å². The molecular formula is C18H36O18.